The van der Waals surface area contributed by atoms with Crippen LogP contribution >= 0.6 is 23.1 Å². The number of nitrogens with zero attached hydrogens (tertiary/aromatic N) is 2. The molecule has 0 fully saturated rings. The van der Waals surface area contributed by atoms with E-state index < -0.39 is 0 Å². The van der Waals surface area contributed by atoms with E-state index in [9.17, 15) is 4.79 Å². The molecule has 0 saturated heterocycles. The number of aromatic nitrogens is 2. The molecule has 4 rings (SSSR count). The van der Waals surface area contributed by atoms with Crippen molar-refractivity contribution in [3.8, 4) is 0 Å². The highest BCUT2D eigenvalue weighted by Crippen LogP contribution is 2.31. The maximum atomic E-state index is 12.6. The third kappa shape index (κ3) is 3.58. The van der Waals surface area contributed by atoms with Crippen LogP contribution < -0.4 is 5.69 Å². The molecule has 0 atom stereocenters. The molecule has 128 valence electrons. The van der Waals surface area contributed by atoms with E-state index in [1.165, 1.54) is 27.3 Å². The van der Waals surface area contributed by atoms with Gasteiger partial charge in [-0.1, -0.05) is 35.9 Å². The average Bonchev–Trinajstić information content (AvgIpc) is 3.27. The smallest absolute Gasteiger partial charge is 0.291 e. The Morgan fingerprint density at radius 1 is 1.24 bits per heavy atom. The molecule has 1 aromatic carbocycles. The van der Waals surface area contributed by atoms with Crippen molar-refractivity contribution in [1.82, 2.24) is 9.55 Å². The second-order valence-corrected chi connectivity index (χ2v) is 8.42. The standard InChI is InChI=1S/C20H20N2OS2/c1-14-5-2-6-15(11-14)13-25-19-17-8-3-9-18(17)22(20(23)21-19)12-16-7-4-10-24-16/h2,4-7,10-11H,3,8-9,12-13H2,1H3. The minimum absolute atomic E-state index is 0.110. The van der Waals surface area contributed by atoms with Crippen molar-refractivity contribution in [2.24, 2.45) is 0 Å². The van der Waals surface area contributed by atoms with Gasteiger partial charge in [0.2, 0.25) is 0 Å². The molecule has 0 bridgehead atoms. The molecule has 2 aromatic heterocycles. The summed E-state index contributed by atoms with van der Waals surface area (Å²) >= 11 is 3.39. The van der Waals surface area contributed by atoms with E-state index in [0.717, 1.165) is 30.0 Å². The first-order chi connectivity index (χ1) is 12.2. The van der Waals surface area contributed by atoms with Gasteiger partial charge < -0.3 is 0 Å². The maximum absolute atomic E-state index is 12.6. The van der Waals surface area contributed by atoms with E-state index in [2.05, 4.69) is 47.6 Å². The molecular formula is C20H20N2OS2. The number of thiophene rings is 1. The van der Waals surface area contributed by atoms with Crippen LogP contribution in [-0.4, -0.2) is 9.55 Å². The predicted octanol–water partition coefficient (Wildman–Crippen LogP) is 4.44. The molecule has 1 aliphatic rings. The number of hydrogen-bond donors (Lipinski definition) is 0. The van der Waals surface area contributed by atoms with Gasteiger partial charge in [-0.25, -0.2) is 4.79 Å². The van der Waals surface area contributed by atoms with Crippen LogP contribution in [0.4, 0.5) is 0 Å². The summed E-state index contributed by atoms with van der Waals surface area (Å²) in [5.74, 6) is 0.857. The van der Waals surface area contributed by atoms with E-state index in [1.807, 2.05) is 10.6 Å². The number of benzene rings is 1. The highest BCUT2D eigenvalue weighted by molar-refractivity contribution is 7.98. The molecule has 0 saturated carbocycles. The largest absolute Gasteiger partial charge is 0.349 e. The summed E-state index contributed by atoms with van der Waals surface area (Å²) in [6, 6.07) is 12.6. The van der Waals surface area contributed by atoms with Gasteiger partial charge in [-0.15, -0.1) is 23.1 Å². The summed E-state index contributed by atoms with van der Waals surface area (Å²) in [5, 5.41) is 2.99. The predicted molar refractivity (Wildman–Crippen MR) is 105 cm³/mol. The van der Waals surface area contributed by atoms with Gasteiger partial charge in [0.15, 0.2) is 0 Å². The highest BCUT2D eigenvalue weighted by atomic mass is 32.2. The summed E-state index contributed by atoms with van der Waals surface area (Å²) in [4.78, 5) is 18.3. The lowest BCUT2D eigenvalue weighted by atomic mass is 10.2. The summed E-state index contributed by atoms with van der Waals surface area (Å²) in [6.45, 7) is 2.75. The summed E-state index contributed by atoms with van der Waals surface area (Å²) < 4.78 is 1.88. The number of aryl methyl sites for hydroxylation is 1. The van der Waals surface area contributed by atoms with Gasteiger partial charge in [0.05, 0.1) is 6.54 Å². The van der Waals surface area contributed by atoms with Crippen molar-refractivity contribution >= 4 is 23.1 Å². The Morgan fingerprint density at radius 2 is 2.16 bits per heavy atom. The van der Waals surface area contributed by atoms with Gasteiger partial charge in [-0.2, -0.15) is 4.98 Å². The zero-order chi connectivity index (χ0) is 17.2. The van der Waals surface area contributed by atoms with Gasteiger partial charge in [0.1, 0.15) is 5.03 Å². The van der Waals surface area contributed by atoms with Crippen molar-refractivity contribution in [3.63, 3.8) is 0 Å². The van der Waals surface area contributed by atoms with Crippen LogP contribution in [-0.2, 0) is 25.1 Å². The molecule has 25 heavy (non-hydrogen) atoms. The van der Waals surface area contributed by atoms with E-state index in [0.29, 0.717) is 6.54 Å². The third-order valence-corrected chi connectivity index (χ3v) is 6.50. The topological polar surface area (TPSA) is 34.9 Å². The van der Waals surface area contributed by atoms with Crippen molar-refractivity contribution in [3.05, 3.63) is 79.5 Å². The lowest BCUT2D eigenvalue weighted by molar-refractivity contribution is 0.673. The minimum atomic E-state index is -0.110. The number of thioether (sulfide) groups is 1. The lowest BCUT2D eigenvalue weighted by Crippen LogP contribution is -2.27. The Bertz CT molecular complexity index is 945. The minimum Gasteiger partial charge on any atom is -0.291 e. The van der Waals surface area contributed by atoms with Crippen LogP contribution in [0.15, 0.2) is 51.6 Å². The van der Waals surface area contributed by atoms with Crippen LogP contribution in [0.25, 0.3) is 0 Å². The summed E-state index contributed by atoms with van der Waals surface area (Å²) in [5.41, 5.74) is 4.92. The molecule has 3 nitrogen and oxygen atoms in total. The van der Waals surface area contributed by atoms with Crippen LogP contribution in [0.5, 0.6) is 0 Å². The quantitative estimate of drug-likeness (QED) is 0.493. The van der Waals surface area contributed by atoms with Gasteiger partial charge in [0, 0.05) is 21.9 Å². The third-order valence-electron chi connectivity index (χ3n) is 4.55. The summed E-state index contributed by atoms with van der Waals surface area (Å²) in [6.07, 6.45) is 3.13. The Balaban J connectivity index is 1.62. The average molecular weight is 369 g/mol. The molecule has 1 aliphatic carbocycles. The molecule has 0 aliphatic heterocycles. The monoisotopic (exact) mass is 368 g/mol. The molecule has 5 heteroatoms. The molecule has 2 heterocycles. The van der Waals surface area contributed by atoms with E-state index in [1.54, 1.807) is 23.1 Å². The Hall–Kier alpha value is -1.85. The van der Waals surface area contributed by atoms with Gasteiger partial charge in [-0.3, -0.25) is 4.57 Å². The Labute approximate surface area is 155 Å². The van der Waals surface area contributed by atoms with E-state index in [-0.39, 0.29) is 5.69 Å². The fourth-order valence-corrected chi connectivity index (χ4v) is 5.09. The van der Waals surface area contributed by atoms with Crippen molar-refractivity contribution in [2.75, 3.05) is 0 Å². The van der Waals surface area contributed by atoms with E-state index in [4.69, 9.17) is 0 Å². The molecule has 0 amide bonds. The van der Waals surface area contributed by atoms with Crippen molar-refractivity contribution in [1.29, 1.82) is 0 Å². The van der Waals surface area contributed by atoms with Crippen LogP contribution in [0.2, 0.25) is 0 Å². The number of fused-ring (bicyclic) bond motifs is 1. The Morgan fingerprint density at radius 3 is 2.96 bits per heavy atom. The van der Waals surface area contributed by atoms with Crippen LogP contribution in [0.3, 0.4) is 0 Å². The molecule has 0 N–H and O–H groups in total. The first-order valence-electron chi connectivity index (χ1n) is 8.54. The van der Waals surface area contributed by atoms with Crippen LogP contribution in [0, 0.1) is 6.92 Å². The molecular weight excluding hydrogens is 348 g/mol. The Kier molecular flexibility index (Phi) is 4.77. The zero-order valence-corrected chi connectivity index (χ0v) is 15.8. The normalized spacial score (nSPS) is 13.2. The van der Waals surface area contributed by atoms with Gasteiger partial charge in [0.25, 0.3) is 0 Å². The highest BCUT2D eigenvalue weighted by Gasteiger charge is 2.22. The molecule has 0 radical (unpaired) electrons. The fraction of sp³-hybridized carbons (Fsp3) is 0.300. The van der Waals surface area contributed by atoms with Gasteiger partial charge >= 0.3 is 5.69 Å². The molecule has 3 aromatic rings. The maximum Gasteiger partial charge on any atom is 0.349 e. The summed E-state index contributed by atoms with van der Waals surface area (Å²) in [7, 11) is 0. The van der Waals surface area contributed by atoms with Crippen LogP contribution in [0.1, 0.15) is 33.7 Å². The first-order valence-corrected chi connectivity index (χ1v) is 10.4. The number of rotatable bonds is 5. The zero-order valence-electron chi connectivity index (χ0n) is 14.2. The molecule has 0 unspecified atom stereocenters. The van der Waals surface area contributed by atoms with Crippen molar-refractivity contribution in [2.45, 2.75) is 43.5 Å². The first kappa shape index (κ1) is 16.6. The second kappa shape index (κ2) is 7.18. The van der Waals surface area contributed by atoms with Gasteiger partial charge in [-0.05, 0) is 43.2 Å². The SMILES string of the molecule is Cc1cccc(CSc2nc(=O)n(Cc3cccs3)c3c2CCC3)c1. The fourth-order valence-electron chi connectivity index (χ4n) is 3.38. The second-order valence-electron chi connectivity index (χ2n) is 6.42. The molecule has 0 spiro atoms. The number of hydrogen-bond acceptors (Lipinski definition) is 4. The van der Waals surface area contributed by atoms with E-state index >= 15 is 0 Å². The lowest BCUT2D eigenvalue weighted by Gasteiger charge is -2.13. The van der Waals surface area contributed by atoms with Crippen molar-refractivity contribution < 1.29 is 0 Å².